The minimum atomic E-state index is -0.463. The molecule has 0 aliphatic rings. The van der Waals surface area contributed by atoms with Crippen LogP contribution in [-0.4, -0.2) is 24.3 Å². The van der Waals surface area contributed by atoms with Gasteiger partial charge in [0.25, 0.3) is 6.20 Å². The summed E-state index contributed by atoms with van der Waals surface area (Å²) >= 11 is 1.31. The van der Waals surface area contributed by atoms with Crippen LogP contribution in [0, 0.1) is 10.1 Å². The molecule has 0 aliphatic heterocycles. The van der Waals surface area contributed by atoms with Crippen molar-refractivity contribution in [3.63, 3.8) is 0 Å². The molecule has 122 valence electrons. The number of nitro groups is 1. The third-order valence-electron chi connectivity index (χ3n) is 2.91. The van der Waals surface area contributed by atoms with Gasteiger partial charge in [0.05, 0.1) is 11.5 Å². The Morgan fingerprint density at radius 1 is 1.55 bits per heavy atom. The van der Waals surface area contributed by atoms with Crippen molar-refractivity contribution in [1.82, 2.24) is 5.32 Å². The highest BCUT2D eigenvalue weighted by Gasteiger charge is 2.14. The number of thioether (sulfide) groups is 1. The number of benzene rings is 1. The van der Waals surface area contributed by atoms with E-state index >= 15 is 0 Å². The van der Waals surface area contributed by atoms with Gasteiger partial charge in [-0.25, -0.2) is 0 Å². The van der Waals surface area contributed by atoms with E-state index in [1.165, 1.54) is 11.8 Å². The molecule has 0 atom stereocenters. The number of rotatable bonds is 9. The lowest BCUT2D eigenvalue weighted by Crippen LogP contribution is -2.28. The van der Waals surface area contributed by atoms with E-state index in [-0.39, 0.29) is 0 Å². The van der Waals surface area contributed by atoms with Gasteiger partial charge in [0.1, 0.15) is 10.8 Å². The van der Waals surface area contributed by atoms with Crippen molar-refractivity contribution in [2.75, 3.05) is 19.4 Å². The lowest BCUT2D eigenvalue weighted by molar-refractivity contribution is -0.403. The van der Waals surface area contributed by atoms with Gasteiger partial charge in [-0.15, -0.1) is 11.8 Å². The van der Waals surface area contributed by atoms with Crippen molar-refractivity contribution >= 4 is 11.8 Å². The van der Waals surface area contributed by atoms with Crippen LogP contribution in [0.1, 0.15) is 25.8 Å². The summed E-state index contributed by atoms with van der Waals surface area (Å²) in [5.74, 6) is 0.780. The Bertz CT molecular complexity index is 527. The fourth-order valence-electron chi connectivity index (χ4n) is 1.73. The Balaban J connectivity index is 2.38. The quantitative estimate of drug-likeness (QED) is 0.412. The van der Waals surface area contributed by atoms with Crippen LogP contribution in [-0.2, 0) is 5.54 Å². The Morgan fingerprint density at radius 2 is 2.27 bits per heavy atom. The van der Waals surface area contributed by atoms with Crippen LogP contribution in [0.15, 0.2) is 35.5 Å². The monoisotopic (exact) mass is 325 g/mol. The van der Waals surface area contributed by atoms with Crippen LogP contribution >= 0.6 is 11.8 Å². The fourth-order valence-corrected chi connectivity index (χ4v) is 2.16. The number of ether oxygens (including phenoxy) is 1. The molecule has 7 heteroatoms. The first kappa shape index (κ1) is 18.3. The van der Waals surface area contributed by atoms with E-state index in [1.807, 2.05) is 38.1 Å². The molecule has 3 N–H and O–H groups in total. The number of nitrogens with one attached hydrogen (secondary N) is 1. The predicted molar refractivity (Wildman–Crippen MR) is 90.4 cm³/mol. The molecule has 1 aromatic carbocycles. The molecule has 0 bridgehead atoms. The number of hydrogen-bond donors (Lipinski definition) is 2. The molecule has 0 heterocycles. The molecule has 0 spiro atoms. The second kappa shape index (κ2) is 8.65. The molecule has 0 aliphatic carbocycles. The maximum absolute atomic E-state index is 10.4. The van der Waals surface area contributed by atoms with E-state index in [4.69, 9.17) is 10.5 Å². The maximum atomic E-state index is 10.4. The van der Waals surface area contributed by atoms with Crippen molar-refractivity contribution in [2.24, 2.45) is 5.73 Å². The second-order valence-corrected chi connectivity index (χ2v) is 6.21. The van der Waals surface area contributed by atoms with E-state index in [0.29, 0.717) is 18.2 Å². The lowest BCUT2D eigenvalue weighted by atomic mass is 9.96. The molecule has 1 rings (SSSR count). The number of hydrogen-bond acceptors (Lipinski definition) is 6. The fraction of sp³-hybridized carbons (Fsp3) is 0.467. The zero-order chi connectivity index (χ0) is 16.6. The van der Waals surface area contributed by atoms with Gasteiger partial charge in [-0.1, -0.05) is 12.1 Å². The number of nitrogens with zero attached hydrogens (tertiary/aromatic N) is 1. The van der Waals surface area contributed by atoms with Crippen LogP contribution in [0.3, 0.4) is 0 Å². The molecule has 6 nitrogen and oxygen atoms in total. The average molecular weight is 325 g/mol. The molecule has 0 amide bonds. The molecular weight excluding hydrogens is 302 g/mol. The maximum Gasteiger partial charge on any atom is 0.263 e. The third-order valence-corrected chi connectivity index (χ3v) is 3.60. The zero-order valence-corrected chi connectivity index (χ0v) is 14.0. The summed E-state index contributed by atoms with van der Waals surface area (Å²) in [7, 11) is 0. The van der Waals surface area contributed by atoms with Crippen LogP contribution in [0.4, 0.5) is 0 Å². The van der Waals surface area contributed by atoms with Crippen LogP contribution in [0.5, 0.6) is 5.75 Å². The standard InChI is InChI=1S/C15H23N3O3S/c1-15(2,16)12-6-4-7-13(10-12)21-9-5-8-17-14(22-3)11-18(19)20/h4,6-7,10-11,17H,5,8-9,16H2,1-3H3. The van der Waals surface area contributed by atoms with E-state index in [1.54, 1.807) is 6.26 Å². The Morgan fingerprint density at radius 3 is 2.86 bits per heavy atom. The summed E-state index contributed by atoms with van der Waals surface area (Å²) in [5.41, 5.74) is 6.68. The van der Waals surface area contributed by atoms with Gasteiger partial charge in [-0.05, 0) is 44.2 Å². The molecule has 0 fully saturated rings. The van der Waals surface area contributed by atoms with Crippen molar-refractivity contribution in [3.8, 4) is 5.75 Å². The topological polar surface area (TPSA) is 90.4 Å². The minimum Gasteiger partial charge on any atom is -0.494 e. The number of nitrogens with two attached hydrogens (primary N) is 1. The van der Waals surface area contributed by atoms with Crippen molar-refractivity contribution in [2.45, 2.75) is 25.8 Å². The van der Waals surface area contributed by atoms with E-state index in [0.717, 1.165) is 23.9 Å². The van der Waals surface area contributed by atoms with E-state index in [2.05, 4.69) is 5.32 Å². The van der Waals surface area contributed by atoms with Crippen molar-refractivity contribution < 1.29 is 9.66 Å². The van der Waals surface area contributed by atoms with Gasteiger partial charge in [-0.3, -0.25) is 10.1 Å². The Kier molecular flexibility index (Phi) is 7.20. The largest absolute Gasteiger partial charge is 0.494 e. The van der Waals surface area contributed by atoms with Gasteiger partial charge in [0, 0.05) is 12.1 Å². The van der Waals surface area contributed by atoms with Gasteiger partial charge >= 0.3 is 0 Å². The summed E-state index contributed by atoms with van der Waals surface area (Å²) in [5, 5.41) is 13.9. The van der Waals surface area contributed by atoms with Gasteiger partial charge < -0.3 is 15.8 Å². The molecule has 0 radical (unpaired) electrons. The van der Waals surface area contributed by atoms with Crippen molar-refractivity contribution in [3.05, 3.63) is 51.2 Å². The molecular formula is C15H23N3O3S. The van der Waals surface area contributed by atoms with Gasteiger partial charge in [-0.2, -0.15) is 0 Å². The second-order valence-electron chi connectivity index (χ2n) is 5.36. The van der Waals surface area contributed by atoms with Crippen LogP contribution in [0.2, 0.25) is 0 Å². The van der Waals surface area contributed by atoms with Gasteiger partial charge in [0.2, 0.25) is 0 Å². The Hall–Kier alpha value is -1.73. The summed E-state index contributed by atoms with van der Waals surface area (Å²) in [6, 6.07) is 7.72. The molecule has 1 aromatic rings. The first-order valence-corrected chi connectivity index (χ1v) is 8.21. The highest BCUT2D eigenvalue weighted by atomic mass is 32.2. The van der Waals surface area contributed by atoms with Crippen LogP contribution in [0.25, 0.3) is 0 Å². The molecule has 0 saturated heterocycles. The summed E-state index contributed by atoms with van der Waals surface area (Å²) in [6.07, 6.45) is 3.50. The summed E-state index contributed by atoms with van der Waals surface area (Å²) in [4.78, 5) is 9.93. The zero-order valence-electron chi connectivity index (χ0n) is 13.2. The predicted octanol–water partition coefficient (Wildman–Crippen LogP) is 2.68. The average Bonchev–Trinajstić information content (AvgIpc) is 2.44. The van der Waals surface area contributed by atoms with Crippen molar-refractivity contribution in [1.29, 1.82) is 0 Å². The van der Waals surface area contributed by atoms with E-state index in [9.17, 15) is 10.1 Å². The smallest absolute Gasteiger partial charge is 0.263 e. The normalized spacial score (nSPS) is 12.1. The minimum absolute atomic E-state index is 0.401. The molecule has 0 saturated carbocycles. The Labute approximate surface area is 135 Å². The SMILES string of the molecule is CSC(=C[N+](=O)[O-])NCCCOc1cccc(C(C)(C)N)c1. The van der Waals surface area contributed by atoms with Gasteiger partial charge in [0.15, 0.2) is 0 Å². The first-order valence-electron chi connectivity index (χ1n) is 6.98. The first-order chi connectivity index (χ1) is 10.3. The van der Waals surface area contributed by atoms with Crippen LogP contribution < -0.4 is 15.8 Å². The molecule has 0 unspecified atom stereocenters. The molecule has 22 heavy (non-hydrogen) atoms. The molecule has 0 aromatic heterocycles. The highest BCUT2D eigenvalue weighted by Crippen LogP contribution is 2.21. The summed E-state index contributed by atoms with van der Waals surface area (Å²) in [6.45, 7) is 5.04. The highest BCUT2D eigenvalue weighted by molar-refractivity contribution is 8.02. The lowest BCUT2D eigenvalue weighted by Gasteiger charge is -2.20. The van der Waals surface area contributed by atoms with E-state index < -0.39 is 10.5 Å². The summed E-state index contributed by atoms with van der Waals surface area (Å²) < 4.78 is 5.68. The third kappa shape index (κ3) is 6.82.